The van der Waals surface area contributed by atoms with E-state index >= 15 is 0 Å². The van der Waals surface area contributed by atoms with Crippen molar-refractivity contribution in [2.24, 2.45) is 5.41 Å². The Morgan fingerprint density at radius 2 is 1.88 bits per heavy atom. The van der Waals surface area contributed by atoms with Crippen molar-refractivity contribution in [1.29, 1.82) is 0 Å². The van der Waals surface area contributed by atoms with Crippen LogP contribution in [-0.4, -0.2) is 49.3 Å². The van der Waals surface area contributed by atoms with Gasteiger partial charge in [-0.05, 0) is 25.8 Å². The molecule has 1 fully saturated rings. The van der Waals surface area contributed by atoms with Crippen molar-refractivity contribution >= 4 is 11.6 Å². The van der Waals surface area contributed by atoms with E-state index in [1.54, 1.807) is 0 Å². The fourth-order valence-corrected chi connectivity index (χ4v) is 3.83. The number of nitrogens with zero attached hydrogens (tertiary/aromatic N) is 1. The SMILES string of the molecule is CC(C)=C(CN1CCOCC1)C(=O)CC1(C)Cc2ccccc2C1=O. The molecule has 0 saturated carbocycles. The summed E-state index contributed by atoms with van der Waals surface area (Å²) >= 11 is 0. The molecule has 1 atom stereocenters. The van der Waals surface area contributed by atoms with Crippen LogP contribution < -0.4 is 0 Å². The van der Waals surface area contributed by atoms with Crippen LogP contribution >= 0.6 is 0 Å². The van der Waals surface area contributed by atoms with Crippen LogP contribution in [0.15, 0.2) is 35.4 Å². The van der Waals surface area contributed by atoms with Crippen molar-refractivity contribution in [3.8, 4) is 0 Å². The first kappa shape index (κ1) is 18.0. The number of rotatable bonds is 5. The van der Waals surface area contributed by atoms with Crippen LogP contribution in [0.3, 0.4) is 0 Å². The van der Waals surface area contributed by atoms with Gasteiger partial charge in [-0.1, -0.05) is 36.8 Å². The molecular weight excluding hydrogens is 314 g/mol. The average molecular weight is 341 g/mol. The first-order valence-corrected chi connectivity index (χ1v) is 9.03. The highest BCUT2D eigenvalue weighted by Gasteiger charge is 2.43. The van der Waals surface area contributed by atoms with Gasteiger partial charge in [0, 0.05) is 42.6 Å². The number of ether oxygens (including phenoxy) is 1. The van der Waals surface area contributed by atoms with Crippen molar-refractivity contribution in [2.75, 3.05) is 32.8 Å². The van der Waals surface area contributed by atoms with Gasteiger partial charge in [0.2, 0.25) is 0 Å². The second-order valence-electron chi connectivity index (χ2n) is 7.69. The molecule has 1 heterocycles. The first-order valence-electron chi connectivity index (χ1n) is 9.03. The Hall–Kier alpha value is -1.78. The van der Waals surface area contributed by atoms with Gasteiger partial charge < -0.3 is 4.74 Å². The fourth-order valence-electron chi connectivity index (χ4n) is 3.83. The minimum Gasteiger partial charge on any atom is -0.379 e. The summed E-state index contributed by atoms with van der Waals surface area (Å²) in [4.78, 5) is 28.2. The summed E-state index contributed by atoms with van der Waals surface area (Å²) in [5, 5.41) is 0. The highest BCUT2D eigenvalue weighted by Crippen LogP contribution is 2.40. The predicted molar refractivity (Wildman–Crippen MR) is 97.8 cm³/mol. The van der Waals surface area contributed by atoms with E-state index in [-0.39, 0.29) is 18.0 Å². The number of Topliss-reactive ketones (excluding diaryl/α,β-unsaturated/α-hetero) is 2. The van der Waals surface area contributed by atoms with Crippen LogP contribution in [0.4, 0.5) is 0 Å². The summed E-state index contributed by atoms with van der Waals surface area (Å²) in [6.07, 6.45) is 0.937. The fraction of sp³-hybridized carbons (Fsp3) is 0.524. The highest BCUT2D eigenvalue weighted by molar-refractivity contribution is 6.08. The Kier molecular flexibility index (Phi) is 5.21. The van der Waals surface area contributed by atoms with Gasteiger partial charge in [-0.25, -0.2) is 0 Å². The number of benzene rings is 1. The molecule has 0 aromatic heterocycles. The molecule has 1 saturated heterocycles. The molecule has 0 spiro atoms. The minimum absolute atomic E-state index is 0.107. The molecule has 0 bridgehead atoms. The Labute approximate surface area is 149 Å². The number of allylic oxidation sites excluding steroid dienone is 1. The van der Waals surface area contributed by atoms with Crippen molar-refractivity contribution in [1.82, 2.24) is 4.90 Å². The van der Waals surface area contributed by atoms with Gasteiger partial charge in [-0.2, -0.15) is 0 Å². The molecule has 4 heteroatoms. The summed E-state index contributed by atoms with van der Waals surface area (Å²) in [6.45, 7) is 9.71. The quantitative estimate of drug-likeness (QED) is 0.772. The lowest BCUT2D eigenvalue weighted by Crippen LogP contribution is -2.39. The monoisotopic (exact) mass is 341 g/mol. The lowest BCUT2D eigenvalue weighted by molar-refractivity contribution is -0.117. The van der Waals surface area contributed by atoms with Crippen LogP contribution in [0.1, 0.15) is 43.1 Å². The number of hydrogen-bond acceptors (Lipinski definition) is 4. The van der Waals surface area contributed by atoms with E-state index in [0.29, 0.717) is 13.0 Å². The molecule has 25 heavy (non-hydrogen) atoms. The molecular formula is C21H27NO3. The van der Waals surface area contributed by atoms with Gasteiger partial charge in [0.1, 0.15) is 0 Å². The van der Waals surface area contributed by atoms with Gasteiger partial charge >= 0.3 is 0 Å². The number of morpholine rings is 1. The molecule has 4 nitrogen and oxygen atoms in total. The normalized spacial score (nSPS) is 23.4. The van der Waals surface area contributed by atoms with Crippen LogP contribution in [0.2, 0.25) is 0 Å². The molecule has 0 radical (unpaired) electrons. The number of carbonyl (C=O) groups is 2. The third kappa shape index (κ3) is 3.75. The van der Waals surface area contributed by atoms with Crippen molar-refractivity contribution in [3.63, 3.8) is 0 Å². The molecule has 1 unspecified atom stereocenters. The Balaban J connectivity index is 1.74. The van der Waals surface area contributed by atoms with Gasteiger partial charge in [0.25, 0.3) is 0 Å². The zero-order valence-electron chi connectivity index (χ0n) is 15.4. The average Bonchev–Trinajstić information content (AvgIpc) is 2.84. The predicted octanol–water partition coefficient (Wildman–Crippen LogP) is 3.06. The maximum atomic E-state index is 13.0. The van der Waals surface area contributed by atoms with Gasteiger partial charge in [-0.15, -0.1) is 0 Å². The van der Waals surface area contributed by atoms with Crippen LogP contribution in [-0.2, 0) is 16.0 Å². The van der Waals surface area contributed by atoms with E-state index in [2.05, 4.69) is 4.90 Å². The molecule has 3 rings (SSSR count). The van der Waals surface area contributed by atoms with E-state index in [0.717, 1.165) is 48.6 Å². The molecule has 1 aliphatic heterocycles. The first-order chi connectivity index (χ1) is 11.9. The second-order valence-corrected chi connectivity index (χ2v) is 7.69. The third-order valence-corrected chi connectivity index (χ3v) is 5.37. The number of ketones is 2. The Morgan fingerprint density at radius 1 is 1.20 bits per heavy atom. The molecule has 2 aliphatic rings. The highest BCUT2D eigenvalue weighted by atomic mass is 16.5. The maximum Gasteiger partial charge on any atom is 0.169 e. The van der Waals surface area contributed by atoms with E-state index in [1.165, 1.54) is 0 Å². The summed E-state index contributed by atoms with van der Waals surface area (Å²) in [6, 6.07) is 7.73. The Morgan fingerprint density at radius 3 is 2.52 bits per heavy atom. The second kappa shape index (κ2) is 7.22. The molecule has 1 aliphatic carbocycles. The third-order valence-electron chi connectivity index (χ3n) is 5.37. The summed E-state index contributed by atoms with van der Waals surface area (Å²) in [5.74, 6) is 0.214. The largest absolute Gasteiger partial charge is 0.379 e. The zero-order chi connectivity index (χ0) is 18.0. The summed E-state index contributed by atoms with van der Waals surface area (Å²) in [5.41, 5.74) is 3.13. The van der Waals surface area contributed by atoms with Crippen molar-refractivity contribution in [3.05, 3.63) is 46.5 Å². The number of carbonyl (C=O) groups excluding carboxylic acids is 2. The number of hydrogen-bond donors (Lipinski definition) is 0. The van der Waals surface area contributed by atoms with Crippen molar-refractivity contribution in [2.45, 2.75) is 33.6 Å². The Bertz CT molecular complexity index is 712. The van der Waals surface area contributed by atoms with Gasteiger partial charge in [0.15, 0.2) is 11.6 Å². The van der Waals surface area contributed by atoms with Gasteiger partial charge in [-0.3, -0.25) is 14.5 Å². The van der Waals surface area contributed by atoms with E-state index in [9.17, 15) is 9.59 Å². The van der Waals surface area contributed by atoms with Crippen LogP contribution in [0, 0.1) is 5.41 Å². The molecule has 1 aromatic rings. The standard InChI is InChI=1S/C21H27NO3/c1-15(2)18(14-22-8-10-25-11-9-22)19(23)13-21(3)12-16-6-4-5-7-17(16)20(21)24/h4-7H,8-14H2,1-3H3. The van der Waals surface area contributed by atoms with E-state index < -0.39 is 5.41 Å². The van der Waals surface area contributed by atoms with Gasteiger partial charge in [0.05, 0.1) is 13.2 Å². The van der Waals surface area contributed by atoms with E-state index in [1.807, 2.05) is 45.0 Å². The lowest BCUT2D eigenvalue weighted by atomic mass is 9.79. The molecule has 0 N–H and O–H groups in total. The summed E-state index contributed by atoms with van der Waals surface area (Å²) < 4.78 is 5.39. The zero-order valence-corrected chi connectivity index (χ0v) is 15.4. The minimum atomic E-state index is -0.619. The lowest BCUT2D eigenvalue weighted by Gasteiger charge is -2.29. The smallest absolute Gasteiger partial charge is 0.169 e. The molecule has 0 amide bonds. The molecule has 134 valence electrons. The van der Waals surface area contributed by atoms with E-state index in [4.69, 9.17) is 4.74 Å². The van der Waals surface area contributed by atoms with Crippen LogP contribution in [0.5, 0.6) is 0 Å². The number of fused-ring (bicyclic) bond motifs is 1. The summed E-state index contributed by atoms with van der Waals surface area (Å²) in [7, 11) is 0. The topological polar surface area (TPSA) is 46.6 Å². The maximum absolute atomic E-state index is 13.0. The van der Waals surface area contributed by atoms with Crippen molar-refractivity contribution < 1.29 is 14.3 Å². The van der Waals surface area contributed by atoms with Crippen LogP contribution in [0.25, 0.3) is 0 Å². The molecule has 1 aromatic carbocycles.